The lowest BCUT2D eigenvalue weighted by molar-refractivity contribution is 0.000921. The first-order chi connectivity index (χ1) is 10.0. The fourth-order valence-electron chi connectivity index (χ4n) is 2.94. The monoisotopic (exact) mass is 291 g/mol. The van der Waals surface area contributed by atoms with E-state index >= 15 is 0 Å². The Morgan fingerprint density at radius 1 is 1.29 bits per heavy atom. The van der Waals surface area contributed by atoms with Crippen LogP contribution in [-0.2, 0) is 6.54 Å². The minimum absolute atomic E-state index is 0.412. The summed E-state index contributed by atoms with van der Waals surface area (Å²) >= 11 is 0. The SMILES string of the molecule is Cc1cccc(CNCC(C)C)c1OCC1(O)CCCC1. The molecule has 1 aliphatic carbocycles. The molecule has 3 nitrogen and oxygen atoms in total. The summed E-state index contributed by atoms with van der Waals surface area (Å²) < 4.78 is 6.02. The highest BCUT2D eigenvalue weighted by Gasteiger charge is 2.32. The van der Waals surface area contributed by atoms with E-state index in [1.807, 2.05) is 0 Å². The molecule has 0 amide bonds. The molecule has 0 aromatic heterocycles. The lowest BCUT2D eigenvalue weighted by Crippen LogP contribution is -2.32. The van der Waals surface area contributed by atoms with Gasteiger partial charge in [0.05, 0.1) is 5.60 Å². The van der Waals surface area contributed by atoms with Crippen LogP contribution in [0.1, 0.15) is 50.7 Å². The summed E-state index contributed by atoms with van der Waals surface area (Å²) in [7, 11) is 0. The Bertz CT molecular complexity index is 451. The fraction of sp³-hybridized carbons (Fsp3) is 0.667. The van der Waals surface area contributed by atoms with Crippen molar-refractivity contribution < 1.29 is 9.84 Å². The second-order valence-corrected chi connectivity index (χ2v) is 6.81. The molecule has 0 atom stereocenters. The van der Waals surface area contributed by atoms with Gasteiger partial charge in [-0.25, -0.2) is 0 Å². The predicted octanol–water partition coefficient (Wildman–Crippen LogP) is 3.42. The van der Waals surface area contributed by atoms with Crippen LogP contribution in [-0.4, -0.2) is 23.9 Å². The number of aliphatic hydroxyl groups is 1. The molecule has 1 aliphatic rings. The number of nitrogens with one attached hydrogen (secondary N) is 1. The zero-order chi connectivity index (χ0) is 15.3. The third-order valence-electron chi connectivity index (χ3n) is 4.18. The number of hydrogen-bond acceptors (Lipinski definition) is 3. The van der Waals surface area contributed by atoms with Gasteiger partial charge < -0.3 is 15.2 Å². The van der Waals surface area contributed by atoms with Crippen LogP contribution in [0.3, 0.4) is 0 Å². The van der Waals surface area contributed by atoms with Crippen molar-refractivity contribution >= 4 is 0 Å². The molecule has 1 aromatic rings. The van der Waals surface area contributed by atoms with Gasteiger partial charge in [-0.2, -0.15) is 0 Å². The maximum absolute atomic E-state index is 10.4. The fourth-order valence-corrected chi connectivity index (χ4v) is 2.94. The number of aryl methyl sites for hydroxylation is 1. The van der Waals surface area contributed by atoms with Crippen molar-refractivity contribution in [1.29, 1.82) is 0 Å². The lowest BCUT2D eigenvalue weighted by atomic mass is 10.0. The Kier molecular flexibility index (Phi) is 5.65. The third-order valence-corrected chi connectivity index (χ3v) is 4.18. The number of rotatable bonds is 7. The summed E-state index contributed by atoms with van der Waals surface area (Å²) in [6, 6.07) is 6.24. The maximum Gasteiger partial charge on any atom is 0.126 e. The molecule has 0 unspecified atom stereocenters. The number of hydrogen-bond donors (Lipinski definition) is 2. The molecule has 0 aliphatic heterocycles. The number of para-hydroxylation sites is 1. The molecule has 0 spiro atoms. The predicted molar refractivity (Wildman–Crippen MR) is 86.6 cm³/mol. The van der Waals surface area contributed by atoms with E-state index in [9.17, 15) is 5.11 Å². The largest absolute Gasteiger partial charge is 0.490 e. The van der Waals surface area contributed by atoms with E-state index in [0.29, 0.717) is 12.5 Å². The normalized spacial score (nSPS) is 17.4. The average Bonchev–Trinajstić information content (AvgIpc) is 2.85. The van der Waals surface area contributed by atoms with Gasteiger partial charge in [-0.1, -0.05) is 44.9 Å². The highest BCUT2D eigenvalue weighted by atomic mass is 16.5. The van der Waals surface area contributed by atoms with Crippen LogP contribution in [0.25, 0.3) is 0 Å². The Balaban J connectivity index is 1.99. The second kappa shape index (κ2) is 7.28. The molecule has 1 saturated carbocycles. The van der Waals surface area contributed by atoms with Crippen LogP contribution in [0.2, 0.25) is 0 Å². The molecule has 118 valence electrons. The smallest absolute Gasteiger partial charge is 0.126 e. The maximum atomic E-state index is 10.4. The average molecular weight is 291 g/mol. The van der Waals surface area contributed by atoms with Crippen LogP contribution in [0.15, 0.2) is 18.2 Å². The molecule has 21 heavy (non-hydrogen) atoms. The summed E-state index contributed by atoms with van der Waals surface area (Å²) in [5.41, 5.74) is 1.70. The quantitative estimate of drug-likeness (QED) is 0.809. The molecule has 0 heterocycles. The van der Waals surface area contributed by atoms with Gasteiger partial charge in [0.25, 0.3) is 0 Å². The zero-order valence-corrected chi connectivity index (χ0v) is 13.6. The van der Waals surface area contributed by atoms with Gasteiger partial charge in [0.15, 0.2) is 0 Å². The van der Waals surface area contributed by atoms with Crippen molar-refractivity contribution in [2.45, 2.75) is 58.6 Å². The first kappa shape index (κ1) is 16.3. The van der Waals surface area contributed by atoms with Gasteiger partial charge in [0.2, 0.25) is 0 Å². The van der Waals surface area contributed by atoms with Gasteiger partial charge in [-0.15, -0.1) is 0 Å². The van der Waals surface area contributed by atoms with Crippen LogP contribution in [0, 0.1) is 12.8 Å². The Labute approximate surface area is 128 Å². The van der Waals surface area contributed by atoms with Crippen molar-refractivity contribution in [3.63, 3.8) is 0 Å². The summed E-state index contributed by atoms with van der Waals surface area (Å²) in [6.45, 7) is 8.70. The molecule has 0 radical (unpaired) electrons. The van der Waals surface area contributed by atoms with Crippen molar-refractivity contribution in [3.05, 3.63) is 29.3 Å². The first-order valence-electron chi connectivity index (χ1n) is 8.14. The Morgan fingerprint density at radius 3 is 2.67 bits per heavy atom. The van der Waals surface area contributed by atoms with Gasteiger partial charge in [-0.3, -0.25) is 0 Å². The third kappa shape index (κ3) is 4.72. The van der Waals surface area contributed by atoms with Crippen LogP contribution >= 0.6 is 0 Å². The van der Waals surface area contributed by atoms with Crippen LogP contribution in [0.4, 0.5) is 0 Å². The van der Waals surface area contributed by atoms with E-state index in [1.165, 1.54) is 5.56 Å². The molecule has 1 aromatic carbocycles. The minimum Gasteiger partial charge on any atom is -0.490 e. The second-order valence-electron chi connectivity index (χ2n) is 6.81. The first-order valence-corrected chi connectivity index (χ1v) is 8.14. The lowest BCUT2D eigenvalue weighted by Gasteiger charge is -2.24. The number of benzene rings is 1. The molecule has 3 heteroatoms. The van der Waals surface area contributed by atoms with Gasteiger partial charge in [0, 0.05) is 12.1 Å². The van der Waals surface area contributed by atoms with E-state index in [1.54, 1.807) is 0 Å². The molecular weight excluding hydrogens is 262 g/mol. The van der Waals surface area contributed by atoms with E-state index < -0.39 is 5.60 Å². The van der Waals surface area contributed by atoms with Crippen molar-refractivity contribution in [3.8, 4) is 5.75 Å². The van der Waals surface area contributed by atoms with Gasteiger partial charge in [0.1, 0.15) is 12.4 Å². The Hall–Kier alpha value is -1.06. The topological polar surface area (TPSA) is 41.5 Å². The van der Waals surface area contributed by atoms with E-state index in [0.717, 1.165) is 50.1 Å². The molecule has 0 saturated heterocycles. The van der Waals surface area contributed by atoms with Gasteiger partial charge in [-0.05, 0) is 37.8 Å². The van der Waals surface area contributed by atoms with Crippen LogP contribution < -0.4 is 10.1 Å². The Morgan fingerprint density at radius 2 is 2.00 bits per heavy atom. The molecular formula is C18H29NO2. The van der Waals surface area contributed by atoms with Gasteiger partial charge >= 0.3 is 0 Å². The number of ether oxygens (including phenoxy) is 1. The molecule has 2 N–H and O–H groups in total. The summed E-state index contributed by atoms with van der Waals surface area (Å²) in [5, 5.41) is 13.9. The summed E-state index contributed by atoms with van der Waals surface area (Å²) in [5.74, 6) is 1.58. The molecule has 0 bridgehead atoms. The zero-order valence-electron chi connectivity index (χ0n) is 13.6. The standard InChI is InChI=1S/C18H29NO2/c1-14(2)11-19-12-16-8-6-7-15(3)17(16)21-13-18(20)9-4-5-10-18/h6-8,14,19-20H,4-5,9-13H2,1-3H3. The van der Waals surface area contributed by atoms with E-state index in [-0.39, 0.29) is 0 Å². The highest BCUT2D eigenvalue weighted by Crippen LogP contribution is 2.31. The highest BCUT2D eigenvalue weighted by molar-refractivity contribution is 5.40. The molecule has 2 rings (SSSR count). The van der Waals surface area contributed by atoms with E-state index in [4.69, 9.17) is 4.74 Å². The van der Waals surface area contributed by atoms with Crippen molar-refractivity contribution in [1.82, 2.24) is 5.32 Å². The summed E-state index contributed by atoms with van der Waals surface area (Å²) in [4.78, 5) is 0. The minimum atomic E-state index is -0.620. The molecule has 1 fully saturated rings. The van der Waals surface area contributed by atoms with Crippen molar-refractivity contribution in [2.24, 2.45) is 5.92 Å². The van der Waals surface area contributed by atoms with E-state index in [2.05, 4.69) is 44.3 Å². The summed E-state index contributed by atoms with van der Waals surface area (Å²) in [6.07, 6.45) is 3.94. The van der Waals surface area contributed by atoms with Crippen molar-refractivity contribution in [2.75, 3.05) is 13.2 Å². The van der Waals surface area contributed by atoms with Crippen LogP contribution in [0.5, 0.6) is 5.75 Å².